The largest absolute Gasteiger partial charge is 0.306 e. The summed E-state index contributed by atoms with van der Waals surface area (Å²) < 4.78 is 0. The van der Waals surface area contributed by atoms with Gasteiger partial charge in [0.1, 0.15) is 0 Å². The molecule has 3 nitrogen and oxygen atoms in total. The van der Waals surface area contributed by atoms with Crippen LogP contribution in [-0.4, -0.2) is 9.97 Å². The Kier molecular flexibility index (Phi) is 3.74. The van der Waals surface area contributed by atoms with Crippen molar-refractivity contribution < 1.29 is 0 Å². The molecule has 1 saturated carbocycles. The SMILES string of the molecule is CC(C)(C)c1ccc(-c2nc(C3CCCC3)cc(=O)[nH]2)s1. The first-order valence-electron chi connectivity index (χ1n) is 7.65. The van der Waals surface area contributed by atoms with Crippen LogP contribution in [0, 0.1) is 0 Å². The van der Waals surface area contributed by atoms with Crippen molar-refractivity contribution in [2.75, 3.05) is 0 Å². The molecule has 0 bridgehead atoms. The lowest BCUT2D eigenvalue weighted by atomic mass is 9.95. The summed E-state index contributed by atoms with van der Waals surface area (Å²) in [6, 6.07) is 5.89. The van der Waals surface area contributed by atoms with E-state index in [2.05, 4.69) is 37.9 Å². The smallest absolute Gasteiger partial charge is 0.251 e. The predicted octanol–water partition coefficient (Wildman–Crippen LogP) is 4.45. The Morgan fingerprint density at radius 3 is 2.57 bits per heavy atom. The minimum atomic E-state index is -0.0346. The maximum absolute atomic E-state index is 12.0. The molecule has 2 aromatic heterocycles. The maximum atomic E-state index is 12.0. The normalized spacial score (nSPS) is 16.5. The van der Waals surface area contributed by atoms with Gasteiger partial charge < -0.3 is 4.98 Å². The van der Waals surface area contributed by atoms with Crippen molar-refractivity contribution in [3.05, 3.63) is 39.1 Å². The highest BCUT2D eigenvalue weighted by Crippen LogP contribution is 2.35. The molecule has 112 valence electrons. The van der Waals surface area contributed by atoms with E-state index in [1.807, 2.05) is 0 Å². The third-order valence-electron chi connectivity index (χ3n) is 4.11. The molecule has 0 spiro atoms. The van der Waals surface area contributed by atoms with Crippen LogP contribution in [0.5, 0.6) is 0 Å². The van der Waals surface area contributed by atoms with Crippen molar-refractivity contribution in [3.8, 4) is 10.7 Å². The highest BCUT2D eigenvalue weighted by atomic mass is 32.1. The Hall–Kier alpha value is -1.42. The van der Waals surface area contributed by atoms with Crippen molar-refractivity contribution in [1.82, 2.24) is 9.97 Å². The maximum Gasteiger partial charge on any atom is 0.251 e. The minimum Gasteiger partial charge on any atom is -0.306 e. The monoisotopic (exact) mass is 302 g/mol. The lowest BCUT2D eigenvalue weighted by Gasteiger charge is -2.15. The number of aromatic amines is 1. The topological polar surface area (TPSA) is 45.8 Å². The average Bonchev–Trinajstić information content (AvgIpc) is 3.09. The molecule has 0 aliphatic heterocycles. The molecule has 4 heteroatoms. The van der Waals surface area contributed by atoms with Gasteiger partial charge in [0.05, 0.1) is 10.6 Å². The van der Waals surface area contributed by atoms with E-state index in [0.29, 0.717) is 5.92 Å². The molecule has 21 heavy (non-hydrogen) atoms. The van der Waals surface area contributed by atoms with Gasteiger partial charge in [-0.2, -0.15) is 0 Å². The summed E-state index contributed by atoms with van der Waals surface area (Å²) in [5.41, 5.74) is 1.07. The number of H-pyrrole nitrogens is 1. The molecule has 1 fully saturated rings. The Labute approximate surface area is 129 Å². The average molecular weight is 302 g/mol. The minimum absolute atomic E-state index is 0.0346. The molecule has 3 rings (SSSR count). The second kappa shape index (κ2) is 5.41. The van der Waals surface area contributed by atoms with Gasteiger partial charge in [-0.3, -0.25) is 4.79 Å². The van der Waals surface area contributed by atoms with E-state index < -0.39 is 0 Å². The fourth-order valence-corrected chi connectivity index (χ4v) is 3.90. The predicted molar refractivity (Wildman–Crippen MR) is 88.1 cm³/mol. The zero-order chi connectivity index (χ0) is 15.0. The van der Waals surface area contributed by atoms with Gasteiger partial charge in [-0.05, 0) is 30.4 Å². The summed E-state index contributed by atoms with van der Waals surface area (Å²) in [4.78, 5) is 22.0. The summed E-state index contributed by atoms with van der Waals surface area (Å²) in [5.74, 6) is 1.19. The van der Waals surface area contributed by atoms with Gasteiger partial charge in [0, 0.05) is 16.9 Å². The van der Waals surface area contributed by atoms with Crippen molar-refractivity contribution in [2.45, 2.75) is 57.8 Å². The van der Waals surface area contributed by atoms with E-state index in [4.69, 9.17) is 4.98 Å². The van der Waals surface area contributed by atoms with Crippen molar-refractivity contribution in [3.63, 3.8) is 0 Å². The highest BCUT2D eigenvalue weighted by molar-refractivity contribution is 7.15. The van der Waals surface area contributed by atoms with Crippen LogP contribution in [0.3, 0.4) is 0 Å². The van der Waals surface area contributed by atoms with Crippen molar-refractivity contribution in [1.29, 1.82) is 0 Å². The van der Waals surface area contributed by atoms with Crippen LogP contribution in [0.4, 0.5) is 0 Å². The number of thiophene rings is 1. The fraction of sp³-hybridized carbons (Fsp3) is 0.529. The number of nitrogens with zero attached hydrogens (tertiary/aromatic N) is 1. The lowest BCUT2D eigenvalue weighted by molar-refractivity contribution is 0.604. The second-order valence-corrected chi connectivity index (χ2v) is 8.00. The van der Waals surface area contributed by atoms with Gasteiger partial charge in [0.2, 0.25) is 0 Å². The van der Waals surface area contributed by atoms with Crippen molar-refractivity contribution in [2.24, 2.45) is 0 Å². The molecular weight excluding hydrogens is 280 g/mol. The molecule has 0 saturated heterocycles. The van der Waals surface area contributed by atoms with E-state index in [1.165, 1.54) is 17.7 Å². The van der Waals surface area contributed by atoms with Crippen LogP contribution < -0.4 is 5.56 Å². The van der Waals surface area contributed by atoms with Gasteiger partial charge in [-0.25, -0.2) is 4.98 Å². The summed E-state index contributed by atoms with van der Waals surface area (Å²) >= 11 is 1.72. The van der Waals surface area contributed by atoms with Crippen LogP contribution in [0.25, 0.3) is 10.7 Å². The zero-order valence-electron chi connectivity index (χ0n) is 12.9. The Bertz CT molecular complexity index is 687. The third kappa shape index (κ3) is 3.10. The molecule has 1 aliphatic rings. The summed E-state index contributed by atoms with van der Waals surface area (Å²) in [6.45, 7) is 6.61. The molecule has 0 unspecified atom stereocenters. The highest BCUT2D eigenvalue weighted by Gasteiger charge is 2.21. The fourth-order valence-electron chi connectivity index (χ4n) is 2.89. The third-order valence-corrected chi connectivity index (χ3v) is 5.63. The zero-order valence-corrected chi connectivity index (χ0v) is 13.7. The molecular formula is C17H22N2OS. The molecule has 0 amide bonds. The summed E-state index contributed by atoms with van der Waals surface area (Å²) in [6.07, 6.45) is 4.82. The number of rotatable bonds is 2. The number of hydrogen-bond acceptors (Lipinski definition) is 3. The lowest BCUT2D eigenvalue weighted by Crippen LogP contribution is -2.11. The molecule has 0 aromatic carbocycles. The van der Waals surface area contributed by atoms with E-state index in [9.17, 15) is 4.79 Å². The first-order chi connectivity index (χ1) is 9.93. The van der Waals surface area contributed by atoms with E-state index in [-0.39, 0.29) is 11.0 Å². The Morgan fingerprint density at radius 2 is 1.95 bits per heavy atom. The standard InChI is InChI=1S/C17H22N2OS/c1-17(2,3)14-9-8-13(21-14)16-18-12(10-15(20)19-16)11-6-4-5-7-11/h8-11H,4-7H2,1-3H3,(H,18,19,20). The van der Waals surface area contributed by atoms with Crippen LogP contribution >= 0.6 is 11.3 Å². The van der Waals surface area contributed by atoms with Crippen LogP contribution in [0.1, 0.15) is 62.9 Å². The summed E-state index contributed by atoms with van der Waals surface area (Å²) in [7, 11) is 0. The first kappa shape index (κ1) is 14.5. The van der Waals surface area contributed by atoms with Gasteiger partial charge >= 0.3 is 0 Å². The summed E-state index contributed by atoms with van der Waals surface area (Å²) in [5, 5.41) is 0. The van der Waals surface area contributed by atoms with Crippen LogP contribution in [0.15, 0.2) is 23.0 Å². The molecule has 1 N–H and O–H groups in total. The van der Waals surface area contributed by atoms with Gasteiger partial charge in [0.25, 0.3) is 5.56 Å². The quantitative estimate of drug-likeness (QED) is 0.890. The van der Waals surface area contributed by atoms with E-state index in [0.717, 1.165) is 29.2 Å². The van der Waals surface area contributed by atoms with Gasteiger partial charge in [-0.1, -0.05) is 33.6 Å². The molecule has 2 heterocycles. The van der Waals surface area contributed by atoms with Crippen LogP contribution in [0.2, 0.25) is 0 Å². The number of aromatic nitrogens is 2. The second-order valence-electron chi connectivity index (χ2n) is 6.91. The van der Waals surface area contributed by atoms with Gasteiger partial charge in [0.15, 0.2) is 5.82 Å². The Morgan fingerprint density at radius 1 is 1.24 bits per heavy atom. The first-order valence-corrected chi connectivity index (χ1v) is 8.47. The molecule has 0 radical (unpaired) electrons. The molecule has 0 atom stereocenters. The molecule has 2 aromatic rings. The Balaban J connectivity index is 1.98. The van der Waals surface area contributed by atoms with E-state index >= 15 is 0 Å². The number of hydrogen-bond donors (Lipinski definition) is 1. The molecule has 1 aliphatic carbocycles. The van der Waals surface area contributed by atoms with Crippen molar-refractivity contribution >= 4 is 11.3 Å². The number of nitrogens with one attached hydrogen (secondary N) is 1. The van der Waals surface area contributed by atoms with Gasteiger partial charge in [-0.15, -0.1) is 11.3 Å². The van der Waals surface area contributed by atoms with E-state index in [1.54, 1.807) is 17.4 Å². The van der Waals surface area contributed by atoms with Crippen LogP contribution in [-0.2, 0) is 5.41 Å².